The number of amides is 1. The van der Waals surface area contributed by atoms with Gasteiger partial charge in [-0.2, -0.15) is 5.26 Å². The van der Waals surface area contributed by atoms with Crippen molar-refractivity contribution in [3.63, 3.8) is 0 Å². The molecule has 1 unspecified atom stereocenters. The molecule has 3 aromatic carbocycles. The van der Waals surface area contributed by atoms with E-state index in [1.165, 1.54) is 11.7 Å². The predicted octanol–water partition coefficient (Wildman–Crippen LogP) is 4.39. The van der Waals surface area contributed by atoms with Gasteiger partial charge >= 0.3 is 0 Å². The first-order valence-corrected chi connectivity index (χ1v) is 11.0. The molecule has 33 heavy (non-hydrogen) atoms. The van der Waals surface area contributed by atoms with Crippen molar-refractivity contribution >= 4 is 34.3 Å². The number of rotatable bonds is 6. The van der Waals surface area contributed by atoms with E-state index in [9.17, 15) is 14.9 Å². The van der Waals surface area contributed by atoms with E-state index in [4.69, 9.17) is 4.74 Å². The molecular formula is C25H20N4O3S. The number of ether oxygens (including phenoxy) is 1. The molecule has 1 N–H and O–H groups in total. The lowest BCUT2D eigenvalue weighted by Gasteiger charge is -2.18. The summed E-state index contributed by atoms with van der Waals surface area (Å²) >= 11 is 1.16. The fraction of sp³-hybridized carbons (Fsp3) is 0.120. The molecule has 0 aliphatic heterocycles. The first-order valence-electron chi connectivity index (χ1n) is 10.2. The number of hydrogen-bond donors (Lipinski definition) is 1. The highest BCUT2D eigenvalue weighted by atomic mass is 32.2. The molecule has 8 heteroatoms. The monoisotopic (exact) mass is 456 g/mol. The van der Waals surface area contributed by atoms with Crippen LogP contribution in [0.25, 0.3) is 16.6 Å². The van der Waals surface area contributed by atoms with E-state index in [1.54, 1.807) is 61.5 Å². The molecule has 4 aromatic rings. The number of nitrogens with one attached hydrogen (secondary N) is 1. The molecule has 1 amide bonds. The largest absolute Gasteiger partial charge is 0.495 e. The van der Waals surface area contributed by atoms with Crippen molar-refractivity contribution in [1.82, 2.24) is 9.55 Å². The Labute approximate surface area is 194 Å². The fourth-order valence-corrected chi connectivity index (χ4v) is 4.27. The fourth-order valence-electron chi connectivity index (χ4n) is 3.35. The summed E-state index contributed by atoms with van der Waals surface area (Å²) in [7, 11) is 1.54. The van der Waals surface area contributed by atoms with Crippen molar-refractivity contribution in [2.45, 2.75) is 17.3 Å². The zero-order chi connectivity index (χ0) is 23.4. The molecule has 0 bridgehead atoms. The van der Waals surface area contributed by atoms with E-state index >= 15 is 0 Å². The van der Waals surface area contributed by atoms with Crippen molar-refractivity contribution in [1.29, 1.82) is 5.26 Å². The van der Waals surface area contributed by atoms with Crippen LogP contribution in [0.2, 0.25) is 0 Å². The summed E-state index contributed by atoms with van der Waals surface area (Å²) in [5, 5.41) is 12.3. The third kappa shape index (κ3) is 4.45. The van der Waals surface area contributed by atoms with Gasteiger partial charge in [0.15, 0.2) is 5.16 Å². The number of anilines is 1. The number of aromatic nitrogens is 2. The number of fused-ring (bicyclic) bond motifs is 1. The topological polar surface area (TPSA) is 97.0 Å². The summed E-state index contributed by atoms with van der Waals surface area (Å²) in [6.45, 7) is 1.73. The Bertz CT molecular complexity index is 1440. The molecular weight excluding hydrogens is 436 g/mol. The van der Waals surface area contributed by atoms with Crippen LogP contribution in [0.15, 0.2) is 82.7 Å². The average Bonchev–Trinajstić information content (AvgIpc) is 2.84. The second-order valence-corrected chi connectivity index (χ2v) is 8.44. The molecule has 0 saturated carbocycles. The number of carbonyl (C=O) groups is 1. The minimum absolute atomic E-state index is 0.255. The van der Waals surface area contributed by atoms with Crippen molar-refractivity contribution in [3.8, 4) is 17.5 Å². The number of nitriles is 1. The van der Waals surface area contributed by atoms with E-state index < -0.39 is 5.25 Å². The molecule has 7 nitrogen and oxygen atoms in total. The lowest BCUT2D eigenvalue weighted by atomic mass is 10.2. The molecule has 0 aliphatic rings. The normalized spacial score (nSPS) is 11.5. The molecule has 1 aromatic heterocycles. The SMILES string of the molecule is COc1ccccc1-n1c(SC(C)C(=O)Nc2ccccc2C#N)nc2ccccc2c1=O. The third-order valence-electron chi connectivity index (χ3n) is 5.03. The average molecular weight is 457 g/mol. The van der Waals surface area contributed by atoms with Gasteiger partial charge in [-0.25, -0.2) is 4.98 Å². The van der Waals surface area contributed by atoms with Gasteiger partial charge in [0.05, 0.1) is 40.2 Å². The number of hydrogen-bond acceptors (Lipinski definition) is 6. The number of para-hydroxylation sites is 4. The quantitative estimate of drug-likeness (QED) is 0.342. The molecule has 0 saturated heterocycles. The number of methoxy groups -OCH3 is 1. The lowest BCUT2D eigenvalue weighted by molar-refractivity contribution is -0.115. The minimum Gasteiger partial charge on any atom is -0.495 e. The number of carbonyl (C=O) groups excluding carboxylic acids is 1. The molecule has 4 rings (SSSR count). The third-order valence-corrected chi connectivity index (χ3v) is 6.08. The Morgan fingerprint density at radius 3 is 2.58 bits per heavy atom. The first-order chi connectivity index (χ1) is 16.0. The second-order valence-electron chi connectivity index (χ2n) is 7.13. The van der Waals surface area contributed by atoms with Crippen LogP contribution in [0.5, 0.6) is 5.75 Å². The molecule has 0 radical (unpaired) electrons. The van der Waals surface area contributed by atoms with Crippen molar-refractivity contribution in [3.05, 3.63) is 88.7 Å². The van der Waals surface area contributed by atoms with E-state index in [0.29, 0.717) is 38.7 Å². The van der Waals surface area contributed by atoms with Crippen LogP contribution in [0, 0.1) is 11.3 Å². The number of benzene rings is 3. The summed E-state index contributed by atoms with van der Waals surface area (Å²) in [5.41, 5.74) is 1.63. The molecule has 0 spiro atoms. The van der Waals surface area contributed by atoms with Crippen LogP contribution >= 0.6 is 11.8 Å². The zero-order valence-corrected chi connectivity index (χ0v) is 18.8. The summed E-state index contributed by atoms with van der Waals surface area (Å²) < 4.78 is 6.94. The second kappa shape index (κ2) is 9.59. The molecule has 164 valence electrons. The number of nitrogens with zero attached hydrogens (tertiary/aromatic N) is 3. The minimum atomic E-state index is -0.606. The van der Waals surface area contributed by atoms with Crippen LogP contribution in [0.1, 0.15) is 12.5 Å². The van der Waals surface area contributed by atoms with Gasteiger partial charge in [-0.3, -0.25) is 14.2 Å². The van der Waals surface area contributed by atoms with Crippen molar-refractivity contribution < 1.29 is 9.53 Å². The number of thioether (sulfide) groups is 1. The maximum Gasteiger partial charge on any atom is 0.266 e. The predicted molar refractivity (Wildman–Crippen MR) is 129 cm³/mol. The highest BCUT2D eigenvalue weighted by Gasteiger charge is 2.22. The first kappa shape index (κ1) is 22.1. The summed E-state index contributed by atoms with van der Waals surface area (Å²) in [5.74, 6) is 0.204. The van der Waals surface area contributed by atoms with E-state index in [1.807, 2.05) is 18.2 Å². The van der Waals surface area contributed by atoms with E-state index in [0.717, 1.165) is 11.8 Å². The molecule has 0 fully saturated rings. The standard InChI is InChI=1S/C25H20N4O3S/c1-16(23(30)27-19-11-5-3-9-17(19)15-26)33-25-28-20-12-6-4-10-18(20)24(31)29(25)21-13-7-8-14-22(21)32-2/h3-14,16H,1-2H3,(H,27,30). The molecule has 1 atom stereocenters. The van der Waals surface area contributed by atoms with Crippen LogP contribution in [-0.2, 0) is 4.79 Å². The van der Waals surface area contributed by atoms with Gasteiger partial charge < -0.3 is 10.1 Å². The van der Waals surface area contributed by atoms with Gasteiger partial charge in [0, 0.05) is 0 Å². The smallest absolute Gasteiger partial charge is 0.266 e. The summed E-state index contributed by atoms with van der Waals surface area (Å²) in [6.07, 6.45) is 0. The molecule has 0 aliphatic carbocycles. The Kier molecular flexibility index (Phi) is 6.43. The van der Waals surface area contributed by atoms with Crippen LogP contribution in [0.4, 0.5) is 5.69 Å². The Morgan fingerprint density at radius 1 is 1.09 bits per heavy atom. The zero-order valence-electron chi connectivity index (χ0n) is 18.0. The van der Waals surface area contributed by atoms with Gasteiger partial charge in [0.2, 0.25) is 5.91 Å². The molecule has 1 heterocycles. The van der Waals surface area contributed by atoms with Gasteiger partial charge in [-0.1, -0.05) is 48.2 Å². The van der Waals surface area contributed by atoms with E-state index in [2.05, 4.69) is 16.4 Å². The highest BCUT2D eigenvalue weighted by molar-refractivity contribution is 8.00. The van der Waals surface area contributed by atoms with Crippen molar-refractivity contribution in [2.24, 2.45) is 0 Å². The van der Waals surface area contributed by atoms with Gasteiger partial charge in [-0.05, 0) is 43.3 Å². The van der Waals surface area contributed by atoms with Crippen LogP contribution in [0.3, 0.4) is 0 Å². The van der Waals surface area contributed by atoms with Gasteiger partial charge in [0.1, 0.15) is 11.8 Å². The maximum atomic E-state index is 13.5. The maximum absolute atomic E-state index is 13.5. The van der Waals surface area contributed by atoms with Crippen molar-refractivity contribution in [2.75, 3.05) is 12.4 Å². The van der Waals surface area contributed by atoms with E-state index in [-0.39, 0.29) is 11.5 Å². The van der Waals surface area contributed by atoms with Crippen LogP contribution < -0.4 is 15.6 Å². The van der Waals surface area contributed by atoms with Gasteiger partial charge in [0.25, 0.3) is 5.56 Å². The van der Waals surface area contributed by atoms with Crippen LogP contribution in [-0.4, -0.2) is 27.8 Å². The summed E-state index contributed by atoms with van der Waals surface area (Å²) in [4.78, 5) is 31.1. The highest BCUT2D eigenvalue weighted by Crippen LogP contribution is 2.29. The Hall–Kier alpha value is -4.09. The van der Waals surface area contributed by atoms with Gasteiger partial charge in [-0.15, -0.1) is 0 Å². The Balaban J connectivity index is 1.76. The Morgan fingerprint density at radius 2 is 1.79 bits per heavy atom. The lowest BCUT2D eigenvalue weighted by Crippen LogP contribution is -2.26. The summed E-state index contributed by atoms with van der Waals surface area (Å²) in [6, 6.07) is 23.1.